The molecule has 2 atom stereocenters. The zero-order chi connectivity index (χ0) is 21.3. The van der Waals surface area contributed by atoms with Crippen molar-refractivity contribution in [2.24, 2.45) is 0 Å². The number of halogens is 1. The molecule has 0 saturated carbocycles. The van der Waals surface area contributed by atoms with Gasteiger partial charge >= 0.3 is 0 Å². The normalized spacial score (nSPS) is 21.3. The van der Waals surface area contributed by atoms with E-state index in [9.17, 15) is 18.8 Å². The van der Waals surface area contributed by atoms with E-state index in [1.807, 2.05) is 19.1 Å². The summed E-state index contributed by atoms with van der Waals surface area (Å²) in [6, 6.07) is 11.7. The van der Waals surface area contributed by atoms with Crippen molar-refractivity contribution in [3.8, 4) is 0 Å². The molecule has 2 aromatic carbocycles. The minimum absolute atomic E-state index is 0.121. The molecule has 0 radical (unpaired) electrons. The lowest BCUT2D eigenvalue weighted by atomic mass is 10.1. The number of amides is 3. The van der Waals surface area contributed by atoms with Gasteiger partial charge in [-0.2, -0.15) is 0 Å². The maximum absolute atomic E-state index is 14.3. The van der Waals surface area contributed by atoms with E-state index in [2.05, 4.69) is 0 Å². The molecule has 6 nitrogen and oxygen atoms in total. The second kappa shape index (κ2) is 8.36. The van der Waals surface area contributed by atoms with Gasteiger partial charge < -0.3 is 9.64 Å². The highest BCUT2D eigenvalue weighted by Crippen LogP contribution is 2.28. The lowest BCUT2D eigenvalue weighted by molar-refractivity contribution is -0.122. The molecular formula is C23H23FN2O4. The molecule has 156 valence electrons. The summed E-state index contributed by atoms with van der Waals surface area (Å²) in [4.78, 5) is 41.6. The molecule has 2 aromatic rings. The average molecular weight is 410 g/mol. The van der Waals surface area contributed by atoms with Crippen LogP contribution in [0.5, 0.6) is 0 Å². The van der Waals surface area contributed by atoms with Crippen molar-refractivity contribution in [1.29, 1.82) is 0 Å². The van der Waals surface area contributed by atoms with Crippen LogP contribution in [0, 0.1) is 12.7 Å². The van der Waals surface area contributed by atoms with E-state index in [0.29, 0.717) is 12.3 Å². The van der Waals surface area contributed by atoms with Crippen molar-refractivity contribution in [2.45, 2.75) is 38.3 Å². The topological polar surface area (TPSA) is 66.9 Å². The third-order valence-electron chi connectivity index (χ3n) is 5.58. The Morgan fingerprint density at radius 2 is 1.90 bits per heavy atom. The summed E-state index contributed by atoms with van der Waals surface area (Å²) in [5.74, 6) is -2.13. The first-order chi connectivity index (χ1) is 14.5. The smallest absolute Gasteiger partial charge is 0.257 e. The van der Waals surface area contributed by atoms with Crippen molar-refractivity contribution in [2.75, 3.05) is 18.1 Å². The van der Waals surface area contributed by atoms with E-state index < -0.39 is 23.7 Å². The number of aryl methyl sites for hydroxylation is 1. The molecule has 2 aliphatic rings. The maximum Gasteiger partial charge on any atom is 0.257 e. The molecule has 4 rings (SSSR count). The van der Waals surface area contributed by atoms with Crippen molar-refractivity contribution in [3.05, 3.63) is 65.5 Å². The monoisotopic (exact) mass is 410 g/mol. The van der Waals surface area contributed by atoms with Crippen LogP contribution >= 0.6 is 0 Å². The van der Waals surface area contributed by atoms with Gasteiger partial charge in [-0.1, -0.05) is 29.8 Å². The highest BCUT2D eigenvalue weighted by atomic mass is 19.1. The molecule has 30 heavy (non-hydrogen) atoms. The van der Waals surface area contributed by atoms with Gasteiger partial charge in [-0.15, -0.1) is 0 Å². The van der Waals surface area contributed by atoms with Crippen LogP contribution in [0.4, 0.5) is 10.1 Å². The first-order valence-corrected chi connectivity index (χ1v) is 10.1. The average Bonchev–Trinajstić information content (AvgIpc) is 3.35. The molecule has 3 amide bonds. The van der Waals surface area contributed by atoms with Gasteiger partial charge in [0.2, 0.25) is 5.91 Å². The number of imide groups is 1. The van der Waals surface area contributed by atoms with Gasteiger partial charge in [-0.3, -0.25) is 14.4 Å². The summed E-state index contributed by atoms with van der Waals surface area (Å²) in [6.07, 6.45) is 1.23. The summed E-state index contributed by atoms with van der Waals surface area (Å²) >= 11 is 0. The number of carbonyl (C=O) groups is 3. The molecule has 2 heterocycles. The standard InChI is InChI=1S/C23H23FN2O4/c1-15-8-10-16(11-9-15)26-21(27)13-20(23(26)29)25(14-17-5-4-12-30-17)22(28)18-6-2-3-7-19(18)24/h2-3,6-11,17,20H,4-5,12-14H2,1H3. The van der Waals surface area contributed by atoms with Crippen LogP contribution in [0.3, 0.4) is 0 Å². The molecule has 0 aromatic heterocycles. The fourth-order valence-corrected chi connectivity index (χ4v) is 3.97. The zero-order valence-electron chi connectivity index (χ0n) is 16.7. The molecule has 7 heteroatoms. The summed E-state index contributed by atoms with van der Waals surface area (Å²) in [5, 5.41) is 0. The SMILES string of the molecule is Cc1ccc(N2C(=O)CC(N(CC3CCCO3)C(=O)c3ccccc3F)C2=O)cc1. The van der Waals surface area contributed by atoms with Gasteiger partial charge in [-0.25, -0.2) is 9.29 Å². The van der Waals surface area contributed by atoms with Crippen molar-refractivity contribution in [1.82, 2.24) is 4.90 Å². The van der Waals surface area contributed by atoms with Crippen LogP contribution in [-0.4, -0.2) is 47.9 Å². The lowest BCUT2D eigenvalue weighted by Crippen LogP contribution is -2.48. The number of nitrogens with zero attached hydrogens (tertiary/aromatic N) is 2. The zero-order valence-corrected chi connectivity index (χ0v) is 16.7. The van der Waals surface area contributed by atoms with Crippen LogP contribution in [0.15, 0.2) is 48.5 Å². The molecule has 0 spiro atoms. The number of anilines is 1. The molecule has 2 unspecified atom stereocenters. The first kappa shape index (κ1) is 20.2. The van der Waals surface area contributed by atoms with Gasteiger partial charge in [0.1, 0.15) is 11.9 Å². The Bertz CT molecular complexity index is 969. The quantitative estimate of drug-likeness (QED) is 0.711. The van der Waals surface area contributed by atoms with Crippen molar-refractivity contribution >= 4 is 23.4 Å². The number of carbonyl (C=O) groups excluding carboxylic acids is 3. The maximum atomic E-state index is 14.3. The Labute approximate surface area is 174 Å². The molecule has 0 N–H and O–H groups in total. The lowest BCUT2D eigenvalue weighted by Gasteiger charge is -2.30. The van der Waals surface area contributed by atoms with E-state index in [4.69, 9.17) is 4.74 Å². The third-order valence-corrected chi connectivity index (χ3v) is 5.58. The van der Waals surface area contributed by atoms with Crippen LogP contribution in [0.25, 0.3) is 0 Å². The Morgan fingerprint density at radius 3 is 2.57 bits per heavy atom. The summed E-state index contributed by atoms with van der Waals surface area (Å²) in [5.41, 5.74) is 1.35. The second-order valence-electron chi connectivity index (χ2n) is 7.70. The van der Waals surface area contributed by atoms with Crippen molar-refractivity contribution in [3.63, 3.8) is 0 Å². The van der Waals surface area contributed by atoms with E-state index in [-0.39, 0.29) is 30.5 Å². The summed E-state index contributed by atoms with van der Waals surface area (Å²) in [6.45, 7) is 2.63. The highest BCUT2D eigenvalue weighted by molar-refractivity contribution is 6.23. The highest BCUT2D eigenvalue weighted by Gasteiger charge is 2.45. The molecule has 2 aliphatic heterocycles. The number of benzene rings is 2. The molecular weight excluding hydrogens is 387 g/mol. The number of ether oxygens (including phenoxy) is 1. The predicted molar refractivity (Wildman–Crippen MR) is 108 cm³/mol. The van der Waals surface area contributed by atoms with Gasteiger partial charge in [0.15, 0.2) is 0 Å². The molecule has 0 aliphatic carbocycles. The summed E-state index contributed by atoms with van der Waals surface area (Å²) < 4.78 is 20.0. The van der Waals surface area contributed by atoms with Gasteiger partial charge in [0.25, 0.3) is 11.8 Å². The van der Waals surface area contributed by atoms with Crippen LogP contribution < -0.4 is 4.90 Å². The minimum Gasteiger partial charge on any atom is -0.376 e. The number of rotatable bonds is 5. The van der Waals surface area contributed by atoms with E-state index in [1.54, 1.807) is 18.2 Å². The van der Waals surface area contributed by atoms with Crippen LogP contribution in [-0.2, 0) is 14.3 Å². The Hall–Kier alpha value is -3.06. The largest absolute Gasteiger partial charge is 0.376 e. The predicted octanol–water partition coefficient (Wildman–Crippen LogP) is 3.09. The molecule has 2 saturated heterocycles. The van der Waals surface area contributed by atoms with E-state index in [1.165, 1.54) is 23.1 Å². The fourth-order valence-electron chi connectivity index (χ4n) is 3.97. The van der Waals surface area contributed by atoms with Crippen LogP contribution in [0.2, 0.25) is 0 Å². The van der Waals surface area contributed by atoms with Gasteiger partial charge in [-0.05, 0) is 44.0 Å². The third kappa shape index (κ3) is 3.85. The second-order valence-corrected chi connectivity index (χ2v) is 7.70. The molecule has 0 bridgehead atoms. The first-order valence-electron chi connectivity index (χ1n) is 10.1. The molecule has 2 fully saturated rings. The van der Waals surface area contributed by atoms with Crippen LogP contribution in [0.1, 0.15) is 35.2 Å². The Morgan fingerprint density at radius 1 is 1.17 bits per heavy atom. The van der Waals surface area contributed by atoms with Gasteiger partial charge in [0, 0.05) is 13.2 Å². The number of hydrogen-bond donors (Lipinski definition) is 0. The van der Waals surface area contributed by atoms with E-state index in [0.717, 1.165) is 23.3 Å². The van der Waals surface area contributed by atoms with Gasteiger partial charge in [0.05, 0.1) is 23.8 Å². The van der Waals surface area contributed by atoms with E-state index >= 15 is 0 Å². The number of hydrogen-bond acceptors (Lipinski definition) is 4. The minimum atomic E-state index is -0.991. The van der Waals surface area contributed by atoms with Crippen molar-refractivity contribution < 1.29 is 23.5 Å². The Kier molecular flexibility index (Phi) is 5.63. The Balaban J connectivity index is 1.65. The summed E-state index contributed by atoms with van der Waals surface area (Å²) in [7, 11) is 0. The fraction of sp³-hybridized carbons (Fsp3) is 0.348.